The lowest BCUT2D eigenvalue weighted by Gasteiger charge is -2.24. The highest BCUT2D eigenvalue weighted by molar-refractivity contribution is 6.35. The molecule has 4 nitrogen and oxygen atoms in total. The predicted octanol–water partition coefficient (Wildman–Crippen LogP) is 5.81. The molecule has 0 radical (unpaired) electrons. The zero-order valence-electron chi connectivity index (χ0n) is 15.6. The topological polar surface area (TPSA) is 58.0 Å². The number of nitrogens with one attached hydrogen (secondary N) is 1. The van der Waals surface area contributed by atoms with Crippen molar-refractivity contribution in [3.05, 3.63) is 94.4 Å². The van der Waals surface area contributed by atoms with Crippen LogP contribution >= 0.6 is 11.6 Å². The van der Waals surface area contributed by atoms with Gasteiger partial charge in [0, 0.05) is 29.5 Å². The minimum Gasteiger partial charge on any atom is -0.505 e. The summed E-state index contributed by atoms with van der Waals surface area (Å²) in [7, 11) is 0. The van der Waals surface area contributed by atoms with Gasteiger partial charge in [-0.25, -0.2) is 0 Å². The van der Waals surface area contributed by atoms with Crippen molar-refractivity contribution in [1.82, 2.24) is 9.97 Å². The summed E-state index contributed by atoms with van der Waals surface area (Å²) in [6, 6.07) is 15.3. The maximum atomic E-state index is 11.1. The number of rotatable bonds is 4. The molecule has 140 valence electrons. The molecule has 4 rings (SSSR count). The van der Waals surface area contributed by atoms with E-state index in [-0.39, 0.29) is 11.8 Å². The summed E-state index contributed by atoms with van der Waals surface area (Å²) in [4.78, 5) is 8.54. The van der Waals surface area contributed by atoms with Gasteiger partial charge in [0.05, 0.1) is 16.8 Å². The van der Waals surface area contributed by atoms with E-state index in [1.54, 1.807) is 18.6 Å². The number of hydrogen-bond acceptors (Lipinski definition) is 4. The van der Waals surface area contributed by atoms with Gasteiger partial charge in [0.15, 0.2) is 0 Å². The summed E-state index contributed by atoms with van der Waals surface area (Å²) >= 11 is 6.55. The molecule has 0 spiro atoms. The quantitative estimate of drug-likeness (QED) is 0.462. The number of anilines is 1. The molecule has 2 N–H and O–H groups in total. The van der Waals surface area contributed by atoms with Crippen LogP contribution in [0.4, 0.5) is 5.69 Å². The second-order valence-corrected chi connectivity index (χ2v) is 7.28. The number of aromatic nitrogens is 2. The Morgan fingerprint density at radius 3 is 2.61 bits per heavy atom. The highest BCUT2D eigenvalue weighted by Gasteiger charge is 2.23. The molecule has 1 atom stereocenters. The molecule has 0 amide bonds. The van der Waals surface area contributed by atoms with Crippen molar-refractivity contribution in [3.8, 4) is 5.75 Å². The first-order valence-corrected chi connectivity index (χ1v) is 9.42. The highest BCUT2D eigenvalue weighted by atomic mass is 35.5. The summed E-state index contributed by atoms with van der Waals surface area (Å²) in [5, 5.41) is 15.9. The summed E-state index contributed by atoms with van der Waals surface area (Å²) in [6.45, 7) is 4.11. The number of phenols is 1. The Hall–Kier alpha value is -3.11. The van der Waals surface area contributed by atoms with E-state index in [2.05, 4.69) is 47.3 Å². The maximum absolute atomic E-state index is 11.1. The Bertz CT molecular complexity index is 1150. The number of nitrogens with zero attached hydrogens (tertiary/aromatic N) is 2. The van der Waals surface area contributed by atoms with Gasteiger partial charge in [0.2, 0.25) is 0 Å². The zero-order valence-corrected chi connectivity index (χ0v) is 16.4. The average Bonchev–Trinajstić information content (AvgIpc) is 2.72. The zero-order chi connectivity index (χ0) is 19.7. The molecule has 0 saturated carbocycles. The molecular weight excluding hydrogens is 370 g/mol. The number of hydrogen-bond donors (Lipinski definition) is 2. The summed E-state index contributed by atoms with van der Waals surface area (Å²) in [5.41, 5.74) is 5.34. The maximum Gasteiger partial charge on any atom is 0.147 e. The Balaban J connectivity index is 1.94. The minimum absolute atomic E-state index is 0.127. The van der Waals surface area contributed by atoms with E-state index in [9.17, 15) is 5.11 Å². The van der Waals surface area contributed by atoms with Gasteiger partial charge >= 0.3 is 0 Å². The standard InChI is InChI=1S/C23H20ClN3O/c1-14-7-8-15(2)18(11-14)21(27-16-5-3-9-25-13-16)19-12-20(24)17-6-4-10-26-22(17)23(19)28/h3-13,21,27-28H,1-2H3/t21-/m0/s1. The van der Waals surface area contributed by atoms with Crippen molar-refractivity contribution in [1.29, 1.82) is 0 Å². The van der Waals surface area contributed by atoms with Crippen LogP contribution in [0.1, 0.15) is 28.3 Å². The third kappa shape index (κ3) is 3.39. The van der Waals surface area contributed by atoms with Crippen LogP contribution < -0.4 is 5.32 Å². The molecule has 2 aromatic heterocycles. The summed E-state index contributed by atoms with van der Waals surface area (Å²) < 4.78 is 0. The van der Waals surface area contributed by atoms with Crippen molar-refractivity contribution >= 4 is 28.2 Å². The molecule has 28 heavy (non-hydrogen) atoms. The normalized spacial score (nSPS) is 12.1. The lowest BCUT2D eigenvalue weighted by Crippen LogP contribution is -2.14. The van der Waals surface area contributed by atoms with Gasteiger partial charge in [-0.15, -0.1) is 0 Å². The first-order valence-electron chi connectivity index (χ1n) is 9.04. The van der Waals surface area contributed by atoms with Crippen LogP contribution in [0.5, 0.6) is 5.75 Å². The van der Waals surface area contributed by atoms with E-state index in [4.69, 9.17) is 11.6 Å². The highest BCUT2D eigenvalue weighted by Crippen LogP contribution is 2.40. The molecule has 5 heteroatoms. The van der Waals surface area contributed by atoms with E-state index in [0.717, 1.165) is 27.8 Å². The molecule has 2 heterocycles. The van der Waals surface area contributed by atoms with Crippen LogP contribution in [0.15, 0.2) is 67.1 Å². The van der Waals surface area contributed by atoms with Crippen molar-refractivity contribution in [2.24, 2.45) is 0 Å². The molecule has 0 aliphatic rings. The fraction of sp³-hybridized carbons (Fsp3) is 0.130. The Kier molecular flexibility index (Phi) is 4.88. The van der Waals surface area contributed by atoms with Crippen molar-refractivity contribution < 1.29 is 5.11 Å². The van der Waals surface area contributed by atoms with Gasteiger partial charge in [-0.05, 0) is 55.3 Å². The number of halogens is 1. The molecule has 0 aliphatic carbocycles. The largest absolute Gasteiger partial charge is 0.505 e. The summed E-state index contributed by atoms with van der Waals surface area (Å²) in [5.74, 6) is 0.127. The Morgan fingerprint density at radius 1 is 1.00 bits per heavy atom. The van der Waals surface area contributed by atoms with Gasteiger partial charge in [-0.3, -0.25) is 9.97 Å². The summed E-state index contributed by atoms with van der Waals surface area (Å²) in [6.07, 6.45) is 5.14. The van der Waals surface area contributed by atoms with Crippen LogP contribution in [-0.4, -0.2) is 15.1 Å². The molecule has 0 fully saturated rings. The number of phenolic OH excluding ortho intramolecular Hbond substituents is 1. The average molecular weight is 390 g/mol. The monoisotopic (exact) mass is 389 g/mol. The fourth-order valence-electron chi connectivity index (χ4n) is 3.43. The second kappa shape index (κ2) is 7.49. The molecule has 0 bridgehead atoms. The van der Waals surface area contributed by atoms with Crippen LogP contribution in [-0.2, 0) is 0 Å². The first-order chi connectivity index (χ1) is 13.5. The van der Waals surface area contributed by atoms with Gasteiger partial charge in [-0.2, -0.15) is 0 Å². The number of aromatic hydroxyl groups is 1. The second-order valence-electron chi connectivity index (χ2n) is 6.87. The Morgan fingerprint density at radius 2 is 1.82 bits per heavy atom. The van der Waals surface area contributed by atoms with Crippen molar-refractivity contribution in [2.45, 2.75) is 19.9 Å². The molecule has 0 aliphatic heterocycles. The third-order valence-corrected chi connectivity index (χ3v) is 5.19. The first kappa shape index (κ1) is 18.3. The lowest BCUT2D eigenvalue weighted by atomic mass is 9.92. The molecule has 0 saturated heterocycles. The third-order valence-electron chi connectivity index (χ3n) is 4.87. The van der Waals surface area contributed by atoms with E-state index in [0.29, 0.717) is 16.1 Å². The van der Waals surface area contributed by atoms with Gasteiger partial charge in [-0.1, -0.05) is 35.4 Å². The number of benzene rings is 2. The molecular formula is C23H20ClN3O. The lowest BCUT2D eigenvalue weighted by molar-refractivity contribution is 0.471. The van der Waals surface area contributed by atoms with Crippen LogP contribution in [0, 0.1) is 13.8 Å². The van der Waals surface area contributed by atoms with E-state index in [1.165, 1.54) is 0 Å². The smallest absolute Gasteiger partial charge is 0.147 e. The number of pyridine rings is 2. The Labute approximate surface area is 168 Å². The fourth-order valence-corrected chi connectivity index (χ4v) is 3.70. The van der Waals surface area contributed by atoms with Crippen LogP contribution in [0.2, 0.25) is 5.02 Å². The SMILES string of the molecule is Cc1ccc(C)c([C@H](Nc2cccnc2)c2cc(Cl)c3cccnc3c2O)c1. The van der Waals surface area contributed by atoms with Crippen molar-refractivity contribution in [2.75, 3.05) is 5.32 Å². The number of fused-ring (bicyclic) bond motifs is 1. The number of aryl methyl sites for hydroxylation is 2. The van der Waals surface area contributed by atoms with Gasteiger partial charge in [0.1, 0.15) is 11.3 Å². The molecule has 0 unspecified atom stereocenters. The predicted molar refractivity (Wildman–Crippen MR) is 114 cm³/mol. The van der Waals surface area contributed by atoms with E-state index >= 15 is 0 Å². The van der Waals surface area contributed by atoms with E-state index in [1.807, 2.05) is 30.3 Å². The minimum atomic E-state index is -0.312. The van der Waals surface area contributed by atoms with Crippen LogP contribution in [0.25, 0.3) is 10.9 Å². The van der Waals surface area contributed by atoms with Crippen molar-refractivity contribution in [3.63, 3.8) is 0 Å². The van der Waals surface area contributed by atoms with Crippen LogP contribution in [0.3, 0.4) is 0 Å². The molecule has 4 aromatic rings. The van der Waals surface area contributed by atoms with Gasteiger partial charge < -0.3 is 10.4 Å². The molecule has 2 aromatic carbocycles. The van der Waals surface area contributed by atoms with Gasteiger partial charge in [0.25, 0.3) is 0 Å². The van der Waals surface area contributed by atoms with E-state index < -0.39 is 0 Å².